The zero-order valence-corrected chi connectivity index (χ0v) is 11.1. The molecule has 1 aromatic rings. The quantitative estimate of drug-likeness (QED) is 0.893. The number of hydrogen-bond donors (Lipinski definition) is 2. The van der Waals surface area contributed by atoms with Gasteiger partial charge in [0.1, 0.15) is 6.04 Å². The van der Waals surface area contributed by atoms with Crippen LogP contribution in [0.25, 0.3) is 0 Å². The summed E-state index contributed by atoms with van der Waals surface area (Å²) >= 11 is 3.37. The molecule has 0 aliphatic rings. The van der Waals surface area contributed by atoms with Crippen molar-refractivity contribution in [3.05, 3.63) is 22.7 Å². The minimum Gasteiger partial charge on any atom is -0.480 e. The van der Waals surface area contributed by atoms with E-state index >= 15 is 0 Å². The van der Waals surface area contributed by atoms with E-state index in [1.54, 1.807) is 6.92 Å². The normalized spacial score (nSPS) is 12.0. The highest BCUT2D eigenvalue weighted by atomic mass is 79.9. The molecule has 0 aliphatic heterocycles. The predicted octanol–water partition coefficient (Wildman–Crippen LogP) is 2.40. The highest BCUT2D eigenvalue weighted by Gasteiger charge is 2.13. The molecule has 1 unspecified atom stereocenters. The second-order valence-electron chi connectivity index (χ2n) is 3.76. The maximum atomic E-state index is 10.8. The van der Waals surface area contributed by atoms with Gasteiger partial charge in [-0.1, -0.05) is 15.9 Å². The third-order valence-corrected chi connectivity index (χ3v) is 2.68. The van der Waals surface area contributed by atoms with Crippen molar-refractivity contribution in [2.24, 2.45) is 0 Å². The average molecular weight is 287 g/mol. The monoisotopic (exact) mass is 286 g/mol. The van der Waals surface area contributed by atoms with E-state index in [1.165, 1.54) is 0 Å². The third kappa shape index (κ3) is 3.13. The average Bonchev–Trinajstić information content (AvgIpc) is 2.16. The first kappa shape index (κ1) is 12.8. The van der Waals surface area contributed by atoms with Crippen molar-refractivity contribution in [1.29, 1.82) is 0 Å². The maximum absolute atomic E-state index is 10.8. The maximum Gasteiger partial charge on any atom is 0.325 e. The fraction of sp³-hybridized carbons (Fsp3) is 0.364. The van der Waals surface area contributed by atoms with Crippen LogP contribution in [0.2, 0.25) is 0 Å². The highest BCUT2D eigenvalue weighted by molar-refractivity contribution is 9.10. The second-order valence-corrected chi connectivity index (χ2v) is 4.68. The van der Waals surface area contributed by atoms with E-state index in [0.717, 1.165) is 15.8 Å². The summed E-state index contributed by atoms with van der Waals surface area (Å²) in [5.74, 6) is -0.871. The summed E-state index contributed by atoms with van der Waals surface area (Å²) in [5.41, 5.74) is 1.76. The number of carboxylic acids is 1. The Hall–Kier alpha value is -1.23. The van der Waals surface area contributed by atoms with Crippen LogP contribution in [0.1, 0.15) is 6.92 Å². The summed E-state index contributed by atoms with van der Waals surface area (Å²) in [5, 5.41) is 11.8. The Labute approximate surface area is 103 Å². The molecule has 0 bridgehead atoms. The molecule has 0 aliphatic carbocycles. The number of aliphatic carboxylic acids is 1. The fourth-order valence-electron chi connectivity index (χ4n) is 1.31. The van der Waals surface area contributed by atoms with Gasteiger partial charge in [-0.15, -0.1) is 0 Å². The van der Waals surface area contributed by atoms with Crippen molar-refractivity contribution < 1.29 is 9.90 Å². The smallest absolute Gasteiger partial charge is 0.325 e. The molecule has 1 rings (SSSR count). The summed E-state index contributed by atoms with van der Waals surface area (Å²) in [7, 11) is 3.83. The number of rotatable bonds is 4. The lowest BCUT2D eigenvalue weighted by Gasteiger charge is -2.20. The summed E-state index contributed by atoms with van der Waals surface area (Å²) in [4.78, 5) is 12.7. The molecule has 0 aromatic heterocycles. The molecule has 2 N–H and O–H groups in total. The van der Waals surface area contributed by atoms with Gasteiger partial charge in [0, 0.05) is 18.6 Å². The summed E-state index contributed by atoms with van der Waals surface area (Å²) < 4.78 is 0.915. The van der Waals surface area contributed by atoms with Crippen LogP contribution in [-0.2, 0) is 4.79 Å². The van der Waals surface area contributed by atoms with Gasteiger partial charge in [0.25, 0.3) is 0 Å². The molecule has 0 saturated heterocycles. The van der Waals surface area contributed by atoms with Gasteiger partial charge in [-0.05, 0) is 25.1 Å². The number of hydrogen-bond acceptors (Lipinski definition) is 3. The molecule has 0 saturated carbocycles. The Bertz CT molecular complexity index is 394. The number of carboxylic acid groups (broad SMARTS) is 1. The van der Waals surface area contributed by atoms with Crippen molar-refractivity contribution in [3.63, 3.8) is 0 Å². The van der Waals surface area contributed by atoms with Gasteiger partial charge in [-0.3, -0.25) is 4.79 Å². The van der Waals surface area contributed by atoms with Crippen LogP contribution in [0.3, 0.4) is 0 Å². The molecule has 1 atom stereocenters. The van der Waals surface area contributed by atoms with Crippen LogP contribution in [0, 0.1) is 0 Å². The van der Waals surface area contributed by atoms with Crippen molar-refractivity contribution in [2.75, 3.05) is 24.3 Å². The fourth-order valence-corrected chi connectivity index (χ4v) is 1.67. The molecule has 0 radical (unpaired) electrons. The van der Waals surface area contributed by atoms with E-state index in [9.17, 15) is 4.79 Å². The summed E-state index contributed by atoms with van der Waals surface area (Å²) in [6.45, 7) is 1.61. The highest BCUT2D eigenvalue weighted by Crippen LogP contribution is 2.28. The molecule has 0 spiro atoms. The van der Waals surface area contributed by atoms with Crippen LogP contribution >= 0.6 is 15.9 Å². The van der Waals surface area contributed by atoms with Gasteiger partial charge in [0.2, 0.25) is 0 Å². The number of carbonyl (C=O) groups is 1. The first-order chi connectivity index (χ1) is 7.41. The largest absolute Gasteiger partial charge is 0.480 e. The van der Waals surface area contributed by atoms with E-state index in [4.69, 9.17) is 5.11 Å². The van der Waals surface area contributed by atoms with Gasteiger partial charge in [-0.2, -0.15) is 0 Å². The van der Waals surface area contributed by atoms with Gasteiger partial charge in [0.05, 0.1) is 11.4 Å². The molecule has 0 fully saturated rings. The molecule has 4 nitrogen and oxygen atoms in total. The lowest BCUT2D eigenvalue weighted by Crippen LogP contribution is -2.26. The number of nitrogens with zero attached hydrogens (tertiary/aromatic N) is 1. The SMILES string of the molecule is CC(Nc1cc(Br)ccc1N(C)C)C(=O)O. The van der Waals surface area contributed by atoms with E-state index < -0.39 is 12.0 Å². The zero-order chi connectivity index (χ0) is 12.3. The van der Waals surface area contributed by atoms with Crippen LogP contribution in [-0.4, -0.2) is 31.2 Å². The molecule has 5 heteroatoms. The van der Waals surface area contributed by atoms with E-state index in [0.29, 0.717) is 0 Å². The molecule has 88 valence electrons. The van der Waals surface area contributed by atoms with Gasteiger partial charge >= 0.3 is 5.97 Å². The Morgan fingerprint density at radius 3 is 2.62 bits per heavy atom. The van der Waals surface area contributed by atoms with Crippen molar-refractivity contribution in [2.45, 2.75) is 13.0 Å². The lowest BCUT2D eigenvalue weighted by atomic mass is 10.2. The molecule has 0 heterocycles. The number of halogens is 1. The number of benzene rings is 1. The van der Waals surface area contributed by atoms with Gasteiger partial charge in [0.15, 0.2) is 0 Å². The van der Waals surface area contributed by atoms with Crippen LogP contribution in [0.4, 0.5) is 11.4 Å². The molecule has 0 amide bonds. The molecule has 1 aromatic carbocycles. The van der Waals surface area contributed by atoms with Crippen molar-refractivity contribution in [3.8, 4) is 0 Å². The van der Waals surface area contributed by atoms with Gasteiger partial charge < -0.3 is 15.3 Å². The first-order valence-corrected chi connectivity index (χ1v) is 5.67. The lowest BCUT2D eigenvalue weighted by molar-refractivity contribution is -0.137. The number of nitrogens with one attached hydrogen (secondary N) is 1. The van der Waals surface area contributed by atoms with Crippen molar-refractivity contribution in [1.82, 2.24) is 0 Å². The summed E-state index contributed by atoms with van der Waals surface area (Å²) in [6.07, 6.45) is 0. The van der Waals surface area contributed by atoms with E-state index in [2.05, 4.69) is 21.2 Å². The van der Waals surface area contributed by atoms with E-state index in [-0.39, 0.29) is 0 Å². The Morgan fingerprint density at radius 1 is 1.50 bits per heavy atom. The number of anilines is 2. The predicted molar refractivity (Wildman–Crippen MR) is 69.2 cm³/mol. The topological polar surface area (TPSA) is 52.6 Å². The van der Waals surface area contributed by atoms with Crippen molar-refractivity contribution >= 4 is 33.3 Å². The van der Waals surface area contributed by atoms with Crippen LogP contribution in [0.15, 0.2) is 22.7 Å². The standard InChI is InChI=1S/C11H15BrN2O2/c1-7(11(15)16)13-9-6-8(12)4-5-10(9)14(2)3/h4-7,13H,1-3H3,(H,15,16). The summed E-state index contributed by atoms with van der Waals surface area (Å²) in [6, 6.07) is 5.11. The molecular weight excluding hydrogens is 272 g/mol. The van der Waals surface area contributed by atoms with Gasteiger partial charge in [-0.25, -0.2) is 0 Å². The van der Waals surface area contributed by atoms with E-state index in [1.807, 2.05) is 37.2 Å². The Balaban J connectivity index is 3.01. The molecular formula is C11H15BrN2O2. The third-order valence-electron chi connectivity index (χ3n) is 2.18. The minimum atomic E-state index is -0.871. The van der Waals surface area contributed by atoms with Crippen LogP contribution < -0.4 is 10.2 Å². The second kappa shape index (κ2) is 5.21. The molecule has 16 heavy (non-hydrogen) atoms. The Morgan fingerprint density at radius 2 is 2.12 bits per heavy atom. The zero-order valence-electron chi connectivity index (χ0n) is 9.49. The first-order valence-electron chi connectivity index (χ1n) is 4.88. The Kier molecular flexibility index (Phi) is 4.18. The van der Waals surface area contributed by atoms with Crippen LogP contribution in [0.5, 0.6) is 0 Å². The minimum absolute atomic E-state index is 0.618.